The number of carbonyl (C=O) groups excluding carboxylic acids is 2. The molecule has 0 saturated carbocycles. The monoisotopic (exact) mass is 341 g/mol. The molecule has 2 amide bonds. The van der Waals surface area contributed by atoms with E-state index in [0.717, 1.165) is 5.56 Å². The minimum atomic E-state index is -0.295. The number of nitrogens with zero attached hydrogens (tertiary/aromatic N) is 1. The molecule has 1 aromatic carbocycles. The number of ether oxygens (including phenoxy) is 1. The van der Waals surface area contributed by atoms with Crippen molar-refractivity contribution < 1.29 is 14.3 Å². The van der Waals surface area contributed by atoms with Gasteiger partial charge in [-0.2, -0.15) is 0 Å². The van der Waals surface area contributed by atoms with Gasteiger partial charge in [0.25, 0.3) is 11.8 Å². The third-order valence-electron chi connectivity index (χ3n) is 3.57. The first kappa shape index (κ1) is 18.4. The molecular formula is C19H23N3O3. The van der Waals surface area contributed by atoms with Crippen LogP contribution in [0.3, 0.4) is 0 Å². The molecule has 6 heteroatoms. The van der Waals surface area contributed by atoms with Crippen LogP contribution in [0.25, 0.3) is 0 Å². The first-order chi connectivity index (χ1) is 12.0. The van der Waals surface area contributed by atoms with E-state index in [4.69, 9.17) is 4.74 Å². The number of para-hydroxylation sites is 1. The van der Waals surface area contributed by atoms with Gasteiger partial charge in [0.2, 0.25) is 0 Å². The molecule has 0 fully saturated rings. The second kappa shape index (κ2) is 8.82. The molecule has 0 aliphatic rings. The highest BCUT2D eigenvalue weighted by Gasteiger charge is 2.12. The second-order valence-electron chi connectivity index (χ2n) is 6.06. The van der Waals surface area contributed by atoms with Crippen molar-refractivity contribution in [2.45, 2.75) is 20.4 Å². The second-order valence-corrected chi connectivity index (χ2v) is 6.06. The van der Waals surface area contributed by atoms with E-state index in [2.05, 4.69) is 15.6 Å². The molecule has 1 aromatic heterocycles. The van der Waals surface area contributed by atoms with Gasteiger partial charge in [-0.15, -0.1) is 0 Å². The Labute approximate surface area is 147 Å². The summed E-state index contributed by atoms with van der Waals surface area (Å²) in [6.45, 7) is 4.93. The molecular weight excluding hydrogens is 318 g/mol. The quantitative estimate of drug-likeness (QED) is 0.810. The van der Waals surface area contributed by atoms with Crippen LogP contribution in [-0.2, 0) is 6.54 Å². The molecule has 0 aliphatic heterocycles. The number of hydrogen-bond acceptors (Lipinski definition) is 4. The highest BCUT2D eigenvalue weighted by atomic mass is 16.5. The molecule has 0 spiro atoms. The topological polar surface area (TPSA) is 80.3 Å². The molecule has 0 radical (unpaired) electrons. The van der Waals surface area contributed by atoms with E-state index in [1.807, 2.05) is 38.1 Å². The third kappa shape index (κ3) is 5.31. The van der Waals surface area contributed by atoms with E-state index in [1.54, 1.807) is 13.2 Å². The molecule has 6 nitrogen and oxygen atoms in total. The fourth-order valence-corrected chi connectivity index (χ4v) is 2.21. The van der Waals surface area contributed by atoms with Gasteiger partial charge in [-0.3, -0.25) is 14.6 Å². The molecule has 2 rings (SSSR count). The van der Waals surface area contributed by atoms with E-state index >= 15 is 0 Å². The lowest BCUT2D eigenvalue weighted by Crippen LogP contribution is -2.28. The molecule has 132 valence electrons. The normalized spacial score (nSPS) is 10.4. The number of methoxy groups -OCH3 is 1. The number of hydrogen-bond donors (Lipinski definition) is 2. The molecule has 0 atom stereocenters. The zero-order valence-corrected chi connectivity index (χ0v) is 14.7. The number of rotatable bonds is 7. The highest BCUT2D eigenvalue weighted by molar-refractivity contribution is 5.99. The Bertz CT molecular complexity index is 744. The van der Waals surface area contributed by atoms with Crippen molar-refractivity contribution in [3.63, 3.8) is 0 Å². The summed E-state index contributed by atoms with van der Waals surface area (Å²) in [5.41, 5.74) is 1.58. The number of pyridine rings is 1. The summed E-state index contributed by atoms with van der Waals surface area (Å²) >= 11 is 0. The molecule has 2 N–H and O–H groups in total. The first-order valence-corrected chi connectivity index (χ1v) is 8.14. The van der Waals surface area contributed by atoms with Gasteiger partial charge >= 0.3 is 0 Å². The minimum absolute atomic E-state index is 0.236. The van der Waals surface area contributed by atoms with Crippen LogP contribution in [0, 0.1) is 5.92 Å². The van der Waals surface area contributed by atoms with Crippen LogP contribution in [0.4, 0.5) is 0 Å². The van der Waals surface area contributed by atoms with Crippen LogP contribution in [0.15, 0.2) is 42.7 Å². The number of benzene rings is 1. The number of nitrogens with one attached hydrogen (secondary N) is 2. The van der Waals surface area contributed by atoms with Gasteiger partial charge in [0, 0.05) is 31.0 Å². The molecule has 25 heavy (non-hydrogen) atoms. The summed E-state index contributed by atoms with van der Waals surface area (Å²) in [6.07, 6.45) is 2.89. The van der Waals surface area contributed by atoms with Crippen molar-refractivity contribution in [2.75, 3.05) is 13.7 Å². The maximum absolute atomic E-state index is 12.3. The lowest BCUT2D eigenvalue weighted by Gasteiger charge is -2.10. The molecule has 0 unspecified atom stereocenters. The Hall–Kier alpha value is -2.89. The minimum Gasteiger partial charge on any atom is -0.496 e. The van der Waals surface area contributed by atoms with E-state index in [0.29, 0.717) is 35.9 Å². The van der Waals surface area contributed by atoms with E-state index < -0.39 is 0 Å². The van der Waals surface area contributed by atoms with Gasteiger partial charge < -0.3 is 15.4 Å². The molecule has 2 aromatic rings. The maximum atomic E-state index is 12.3. The largest absolute Gasteiger partial charge is 0.496 e. The fraction of sp³-hybridized carbons (Fsp3) is 0.316. The van der Waals surface area contributed by atoms with Gasteiger partial charge in [0.1, 0.15) is 5.75 Å². The zero-order valence-electron chi connectivity index (χ0n) is 14.7. The first-order valence-electron chi connectivity index (χ1n) is 8.14. The van der Waals surface area contributed by atoms with Gasteiger partial charge in [0.05, 0.1) is 18.2 Å². The van der Waals surface area contributed by atoms with Crippen molar-refractivity contribution >= 4 is 11.8 Å². The number of aromatic nitrogens is 1. The summed E-state index contributed by atoms with van der Waals surface area (Å²) in [4.78, 5) is 28.4. The van der Waals surface area contributed by atoms with Crippen LogP contribution in [0.1, 0.15) is 40.1 Å². The van der Waals surface area contributed by atoms with Crippen molar-refractivity contribution in [1.29, 1.82) is 0 Å². The summed E-state index contributed by atoms with van der Waals surface area (Å²) in [7, 11) is 1.59. The number of amides is 2. The predicted molar refractivity (Wildman–Crippen MR) is 95.6 cm³/mol. The van der Waals surface area contributed by atoms with Crippen LogP contribution in [-0.4, -0.2) is 30.5 Å². The molecule has 1 heterocycles. The summed E-state index contributed by atoms with van der Waals surface area (Å²) in [6, 6.07) is 9.01. The predicted octanol–water partition coefficient (Wildman–Crippen LogP) is 2.41. The number of carbonyl (C=O) groups is 2. The van der Waals surface area contributed by atoms with Gasteiger partial charge in [-0.05, 0) is 18.1 Å². The van der Waals surface area contributed by atoms with E-state index in [1.165, 1.54) is 12.4 Å². The fourth-order valence-electron chi connectivity index (χ4n) is 2.21. The van der Waals surface area contributed by atoms with Crippen molar-refractivity contribution in [2.24, 2.45) is 5.92 Å². The Morgan fingerprint density at radius 3 is 2.36 bits per heavy atom. The Kier molecular flexibility index (Phi) is 6.51. The average molecular weight is 341 g/mol. The van der Waals surface area contributed by atoms with E-state index in [9.17, 15) is 9.59 Å². The Balaban J connectivity index is 2.02. The lowest BCUT2D eigenvalue weighted by atomic mass is 10.1. The third-order valence-corrected chi connectivity index (χ3v) is 3.57. The summed E-state index contributed by atoms with van der Waals surface area (Å²) < 4.78 is 5.26. The maximum Gasteiger partial charge on any atom is 0.253 e. The van der Waals surface area contributed by atoms with E-state index in [-0.39, 0.29) is 11.8 Å². The van der Waals surface area contributed by atoms with Crippen LogP contribution in [0.5, 0.6) is 5.75 Å². The van der Waals surface area contributed by atoms with Crippen LogP contribution < -0.4 is 15.4 Å². The van der Waals surface area contributed by atoms with Crippen molar-refractivity contribution in [1.82, 2.24) is 15.6 Å². The van der Waals surface area contributed by atoms with Gasteiger partial charge in [0.15, 0.2) is 0 Å². The smallest absolute Gasteiger partial charge is 0.253 e. The van der Waals surface area contributed by atoms with Crippen LogP contribution in [0.2, 0.25) is 0 Å². The standard InChI is InChI=1S/C19H23N3O3/c1-13(2)9-21-18(23)15-8-16(11-20-10-15)19(24)22-12-14-6-4-5-7-17(14)25-3/h4-8,10-11,13H,9,12H2,1-3H3,(H,21,23)(H,22,24). The molecule has 0 bridgehead atoms. The summed E-state index contributed by atoms with van der Waals surface area (Å²) in [5, 5.41) is 5.63. The Morgan fingerprint density at radius 1 is 1.08 bits per heavy atom. The lowest BCUT2D eigenvalue weighted by molar-refractivity contribution is 0.0948. The van der Waals surface area contributed by atoms with Gasteiger partial charge in [-0.1, -0.05) is 32.0 Å². The van der Waals surface area contributed by atoms with Crippen molar-refractivity contribution in [3.05, 3.63) is 59.4 Å². The highest BCUT2D eigenvalue weighted by Crippen LogP contribution is 2.16. The zero-order chi connectivity index (χ0) is 18.2. The van der Waals surface area contributed by atoms with Gasteiger partial charge in [-0.25, -0.2) is 0 Å². The molecule has 0 saturated heterocycles. The van der Waals surface area contributed by atoms with Crippen LogP contribution >= 0.6 is 0 Å². The van der Waals surface area contributed by atoms with Crippen molar-refractivity contribution in [3.8, 4) is 5.75 Å². The summed E-state index contributed by atoms with van der Waals surface area (Å²) in [5.74, 6) is 0.532. The SMILES string of the molecule is COc1ccccc1CNC(=O)c1cncc(C(=O)NCC(C)C)c1. The Morgan fingerprint density at radius 2 is 1.72 bits per heavy atom. The average Bonchev–Trinajstić information content (AvgIpc) is 2.64. The molecule has 0 aliphatic carbocycles.